The minimum atomic E-state index is -1.48. The summed E-state index contributed by atoms with van der Waals surface area (Å²) >= 11 is 0. The topological polar surface area (TPSA) is 187 Å². The molecule has 6 atom stereocenters. The van der Waals surface area contributed by atoms with Crippen molar-refractivity contribution in [3.8, 4) is 23.0 Å². The highest BCUT2D eigenvalue weighted by atomic mass is 16.7. The number of unbranched alkanes of at least 4 members (excludes halogenated alkanes) is 2. The summed E-state index contributed by atoms with van der Waals surface area (Å²) in [6, 6.07) is 19.5. The van der Waals surface area contributed by atoms with E-state index in [1.54, 1.807) is 37.5 Å². The number of fused-ring (bicyclic) bond motifs is 2. The fourth-order valence-corrected chi connectivity index (χ4v) is 11.2. The third-order valence-corrected chi connectivity index (χ3v) is 14.4. The number of oxime groups is 1. The minimum Gasteiger partial charge on any atom is -0.497 e. The number of hydrogen-bond acceptors (Lipinski definition) is 13. The lowest BCUT2D eigenvalue weighted by molar-refractivity contribution is -0.258. The maximum Gasteiger partial charge on any atom is 0.417 e. The number of carbonyl (C=O) groups excluding carboxylic acids is 2. The lowest BCUT2D eigenvalue weighted by Gasteiger charge is -2.60. The van der Waals surface area contributed by atoms with Crippen LogP contribution in [0.3, 0.4) is 0 Å². The zero-order chi connectivity index (χ0) is 49.3. The van der Waals surface area contributed by atoms with Crippen LogP contribution in [0.5, 0.6) is 23.0 Å². The largest absolute Gasteiger partial charge is 0.497 e. The number of anilines is 1. The Kier molecular flexibility index (Phi) is 19.6. The van der Waals surface area contributed by atoms with E-state index < -0.39 is 23.8 Å². The number of ether oxygens (including phenoxy) is 6. The van der Waals surface area contributed by atoms with E-state index in [0.29, 0.717) is 53.8 Å². The van der Waals surface area contributed by atoms with Crippen molar-refractivity contribution in [2.45, 2.75) is 108 Å². The van der Waals surface area contributed by atoms with Gasteiger partial charge in [0.1, 0.15) is 35.6 Å². The van der Waals surface area contributed by atoms with Gasteiger partial charge in [0.2, 0.25) is 11.7 Å². The van der Waals surface area contributed by atoms with Gasteiger partial charge in [0.15, 0.2) is 0 Å². The van der Waals surface area contributed by atoms with E-state index in [0.717, 1.165) is 61.6 Å². The number of benzene rings is 3. The summed E-state index contributed by atoms with van der Waals surface area (Å²) in [5.41, 5.74) is 3.71. The highest BCUT2D eigenvalue weighted by Gasteiger charge is 2.65. The fourth-order valence-electron chi connectivity index (χ4n) is 11.2. The molecule has 3 aromatic carbocycles. The zero-order valence-corrected chi connectivity index (χ0v) is 40.9. The number of carbonyl (C=O) groups is 2. The van der Waals surface area contributed by atoms with Crippen LogP contribution in [0.25, 0.3) is 0 Å². The van der Waals surface area contributed by atoms with Crippen LogP contribution in [0.1, 0.15) is 101 Å². The van der Waals surface area contributed by atoms with Crippen LogP contribution in [-0.2, 0) is 25.7 Å². The Morgan fingerprint density at radius 2 is 1.67 bits per heavy atom. The number of aliphatic hydroxyl groups is 3. The van der Waals surface area contributed by atoms with E-state index >= 15 is 4.79 Å². The van der Waals surface area contributed by atoms with Crippen LogP contribution < -0.4 is 24.3 Å². The van der Waals surface area contributed by atoms with Gasteiger partial charge in [-0.2, -0.15) is 0 Å². The van der Waals surface area contributed by atoms with Crippen molar-refractivity contribution in [1.29, 1.82) is 0 Å². The Morgan fingerprint density at radius 1 is 0.900 bits per heavy atom. The predicted molar refractivity (Wildman–Crippen MR) is 266 cm³/mol. The molecule has 0 saturated heterocycles. The maximum absolute atomic E-state index is 15.0. The van der Waals surface area contributed by atoms with Gasteiger partial charge in [-0.1, -0.05) is 86.2 Å². The summed E-state index contributed by atoms with van der Waals surface area (Å²) in [5, 5.41) is 37.5. The van der Waals surface area contributed by atoms with Crippen LogP contribution in [0.15, 0.2) is 96.2 Å². The van der Waals surface area contributed by atoms with Gasteiger partial charge in [-0.15, -0.1) is 6.58 Å². The first-order chi connectivity index (χ1) is 34.3. The van der Waals surface area contributed by atoms with Gasteiger partial charge in [-0.3, -0.25) is 10.1 Å². The molecule has 2 fully saturated rings. The van der Waals surface area contributed by atoms with Crippen molar-refractivity contribution in [3.63, 3.8) is 0 Å². The van der Waals surface area contributed by atoms with Crippen molar-refractivity contribution >= 4 is 23.4 Å². The second kappa shape index (κ2) is 26.1. The molecule has 0 spiro atoms. The Bertz CT molecular complexity index is 2230. The lowest BCUT2D eigenvalue weighted by atomic mass is 9.55. The standard InChI is InChI=1S/C55H73N3O12/c1-4-30-67-55-50(58(26-31-66-32-29-61)51(62)25-20-38-14-8-9-15-38)36-47(57-68-37-39-16-6-5-7-17-39)44-33-40(18-10-12-27-59)43(19-11-13-28-60)52(53(44)55)45-34-42(22-24-48(45)70-55)69-54(63)56-46-23-21-41(64-2)35-49(46)65-3/h4-7,16-17,21-24,33-35,38,40,43,50,52-53,59-61H,1,8-15,18-20,25-32,36-37H2,2-3H3,(H,56,63)/t40-,43+,50-,52+,53+,55+/m0/s1. The Hall–Kier alpha value is -5.45. The molecular weight excluding hydrogens is 895 g/mol. The number of hydrogen-bond donors (Lipinski definition) is 4. The van der Waals surface area contributed by atoms with Crippen molar-refractivity contribution < 1.29 is 58.2 Å². The third-order valence-electron chi connectivity index (χ3n) is 14.4. The molecule has 0 radical (unpaired) electrons. The fraction of sp³-hybridized carbons (Fsp3) is 0.545. The van der Waals surface area contributed by atoms with Crippen molar-refractivity contribution in [2.24, 2.45) is 28.8 Å². The van der Waals surface area contributed by atoms with Crippen molar-refractivity contribution in [2.75, 3.05) is 65.7 Å². The highest BCUT2D eigenvalue weighted by Crippen LogP contribution is 2.62. The SMILES string of the molecule is C=CCO[C@@]12Oc3ccc(OC(=O)Nc4ccc(OC)cc4OC)cc3[C@H]3[C@H](CCCCO)[C@@H](CCCCO)C=C(C(=NOCc4ccccc4)C[C@@H]1N(CCOCCO)C(=O)CCC1CCCC1)[C@H]32. The van der Waals surface area contributed by atoms with Crippen LogP contribution in [0, 0.1) is 23.7 Å². The van der Waals surface area contributed by atoms with Crippen LogP contribution in [-0.4, -0.2) is 110 Å². The van der Waals surface area contributed by atoms with Gasteiger partial charge in [0.25, 0.3) is 0 Å². The monoisotopic (exact) mass is 968 g/mol. The van der Waals surface area contributed by atoms with Gasteiger partial charge in [0, 0.05) is 50.1 Å². The van der Waals surface area contributed by atoms with E-state index in [4.69, 9.17) is 38.4 Å². The molecule has 15 heteroatoms. The average Bonchev–Trinajstić information content (AvgIpc) is 3.91. The van der Waals surface area contributed by atoms with Crippen LogP contribution in [0.4, 0.5) is 10.5 Å². The molecule has 15 nitrogen and oxygen atoms in total. The van der Waals surface area contributed by atoms with Crippen LogP contribution in [0.2, 0.25) is 0 Å². The molecule has 1 aliphatic heterocycles. The average molecular weight is 968 g/mol. The number of nitrogens with zero attached hydrogens (tertiary/aromatic N) is 2. The van der Waals surface area contributed by atoms with Gasteiger partial charge in [0.05, 0.1) is 58.0 Å². The Morgan fingerprint density at radius 3 is 2.40 bits per heavy atom. The van der Waals surface area contributed by atoms with Crippen LogP contribution >= 0.6 is 0 Å². The quantitative estimate of drug-likeness (QED) is 0.0323. The molecule has 3 aliphatic carbocycles. The van der Waals surface area contributed by atoms with Crippen molar-refractivity contribution in [3.05, 3.63) is 102 Å². The molecule has 0 aromatic heterocycles. The first-order valence-electron chi connectivity index (χ1n) is 25.2. The van der Waals surface area contributed by atoms with E-state index in [9.17, 15) is 20.1 Å². The summed E-state index contributed by atoms with van der Waals surface area (Å²) in [6.45, 7) is 4.86. The van der Waals surface area contributed by atoms with E-state index in [2.05, 4.69) is 18.0 Å². The Labute approximate surface area is 412 Å². The lowest BCUT2D eigenvalue weighted by Crippen LogP contribution is -2.70. The number of rotatable bonds is 27. The van der Waals surface area contributed by atoms with Gasteiger partial charge >= 0.3 is 6.09 Å². The summed E-state index contributed by atoms with van der Waals surface area (Å²) in [4.78, 5) is 36.8. The molecule has 7 rings (SSSR count). The molecular formula is C55H73N3O12. The van der Waals surface area contributed by atoms with Gasteiger partial charge in [-0.05, 0) is 91.3 Å². The maximum atomic E-state index is 15.0. The molecule has 70 heavy (non-hydrogen) atoms. The summed E-state index contributed by atoms with van der Waals surface area (Å²) in [7, 11) is 3.06. The first-order valence-corrected chi connectivity index (χ1v) is 25.2. The van der Waals surface area contributed by atoms with Crippen molar-refractivity contribution in [1.82, 2.24) is 4.90 Å². The second-order valence-corrected chi connectivity index (χ2v) is 18.7. The molecule has 0 unspecified atom stereocenters. The summed E-state index contributed by atoms with van der Waals surface area (Å²) < 4.78 is 37.4. The molecule has 2 saturated carbocycles. The number of nitrogens with one attached hydrogen (secondary N) is 1. The number of amides is 2. The molecule has 4 aliphatic rings. The number of allylic oxidation sites excluding steroid dienone is 1. The minimum absolute atomic E-state index is 0.00754. The number of aliphatic hydroxyl groups excluding tert-OH is 3. The predicted octanol–water partition coefficient (Wildman–Crippen LogP) is 8.96. The first kappa shape index (κ1) is 52.4. The smallest absolute Gasteiger partial charge is 0.417 e. The van der Waals surface area contributed by atoms with Gasteiger partial charge in [-0.25, -0.2) is 4.79 Å². The Balaban J connectivity index is 1.38. The normalized spacial score (nSPS) is 23.1. The summed E-state index contributed by atoms with van der Waals surface area (Å²) in [5.74, 6) is -0.247. The molecule has 3 aromatic rings. The molecule has 2 amide bonds. The second-order valence-electron chi connectivity index (χ2n) is 18.7. The third kappa shape index (κ3) is 12.7. The molecule has 4 N–H and O–H groups in total. The van der Waals surface area contributed by atoms with E-state index in [1.165, 1.54) is 20.0 Å². The van der Waals surface area contributed by atoms with E-state index in [1.807, 2.05) is 47.4 Å². The highest BCUT2D eigenvalue weighted by molar-refractivity contribution is 6.03. The molecule has 0 bridgehead atoms. The van der Waals surface area contributed by atoms with Gasteiger partial charge < -0.3 is 53.5 Å². The molecule has 1 heterocycles. The summed E-state index contributed by atoms with van der Waals surface area (Å²) in [6.07, 6.45) is 13.4. The van der Waals surface area contributed by atoms with E-state index in [-0.39, 0.29) is 88.6 Å². The molecule has 380 valence electrons. The zero-order valence-electron chi connectivity index (χ0n) is 40.9. The number of methoxy groups -OCH3 is 2.